The summed E-state index contributed by atoms with van der Waals surface area (Å²) in [5.74, 6) is 0. The Kier molecular flexibility index (Phi) is 3.52. The number of aromatic nitrogens is 2. The Hall–Kier alpha value is -2.49. The van der Waals surface area contributed by atoms with E-state index in [2.05, 4.69) is 57.8 Å². The second-order valence-corrected chi connectivity index (χ2v) is 5.39. The Morgan fingerprint density at radius 3 is 2.71 bits per heavy atom. The lowest BCUT2D eigenvalue weighted by molar-refractivity contribution is 0.771. The first-order chi connectivity index (χ1) is 10.1. The monoisotopic (exact) mass is 280 g/mol. The second-order valence-electron chi connectivity index (χ2n) is 5.39. The molecule has 0 aliphatic carbocycles. The minimum absolute atomic E-state index is 0.720. The van der Waals surface area contributed by atoms with Gasteiger partial charge < -0.3 is 10.2 Å². The fourth-order valence-corrected chi connectivity index (χ4v) is 2.50. The molecule has 1 N–H and O–H groups in total. The molecular formula is C17H20N4. The lowest BCUT2D eigenvalue weighted by Crippen LogP contribution is -2.09. The van der Waals surface area contributed by atoms with Crippen LogP contribution < -0.4 is 10.2 Å². The standard InChI is InChI=1S/C17H20N4/c1-20(2)14-8-6-7-13(11-14)18-12-16-15-9-4-5-10-17(15)21(3)19-16/h4-11,18H,12H2,1-3H3. The van der Waals surface area contributed by atoms with Crippen LogP contribution in [0.4, 0.5) is 11.4 Å². The normalized spacial score (nSPS) is 10.8. The third-order valence-corrected chi connectivity index (χ3v) is 3.66. The molecule has 0 spiro atoms. The first-order valence-electron chi connectivity index (χ1n) is 7.07. The molecule has 0 aliphatic rings. The number of hydrogen-bond acceptors (Lipinski definition) is 3. The van der Waals surface area contributed by atoms with Gasteiger partial charge >= 0.3 is 0 Å². The molecule has 4 heteroatoms. The van der Waals surface area contributed by atoms with E-state index in [9.17, 15) is 0 Å². The lowest BCUT2D eigenvalue weighted by atomic mass is 10.2. The highest BCUT2D eigenvalue weighted by Crippen LogP contribution is 2.21. The van der Waals surface area contributed by atoms with Crippen LogP contribution in [-0.4, -0.2) is 23.9 Å². The summed E-state index contributed by atoms with van der Waals surface area (Å²) in [6, 6.07) is 16.7. The average Bonchev–Trinajstić information content (AvgIpc) is 2.82. The Morgan fingerprint density at radius 1 is 1.10 bits per heavy atom. The molecule has 0 saturated heterocycles. The third-order valence-electron chi connectivity index (χ3n) is 3.66. The Labute approximate surface area is 125 Å². The number of aryl methyl sites for hydroxylation is 1. The van der Waals surface area contributed by atoms with E-state index in [4.69, 9.17) is 0 Å². The van der Waals surface area contributed by atoms with Crippen molar-refractivity contribution in [2.45, 2.75) is 6.54 Å². The predicted octanol–water partition coefficient (Wildman–Crippen LogP) is 3.25. The van der Waals surface area contributed by atoms with Crippen molar-refractivity contribution in [2.24, 2.45) is 7.05 Å². The zero-order valence-corrected chi connectivity index (χ0v) is 12.7. The summed E-state index contributed by atoms with van der Waals surface area (Å²) in [4.78, 5) is 2.10. The minimum Gasteiger partial charge on any atom is -0.379 e. The summed E-state index contributed by atoms with van der Waals surface area (Å²) in [5, 5.41) is 9.27. The van der Waals surface area contributed by atoms with Crippen LogP contribution in [0.5, 0.6) is 0 Å². The smallest absolute Gasteiger partial charge is 0.0894 e. The quantitative estimate of drug-likeness (QED) is 0.796. The van der Waals surface area contributed by atoms with Crippen molar-refractivity contribution < 1.29 is 0 Å². The van der Waals surface area contributed by atoms with Crippen molar-refractivity contribution in [3.05, 3.63) is 54.2 Å². The maximum atomic E-state index is 4.61. The fourth-order valence-electron chi connectivity index (χ4n) is 2.50. The van der Waals surface area contributed by atoms with Crippen LogP contribution >= 0.6 is 0 Å². The largest absolute Gasteiger partial charge is 0.379 e. The van der Waals surface area contributed by atoms with Gasteiger partial charge in [0, 0.05) is 37.9 Å². The zero-order chi connectivity index (χ0) is 14.8. The van der Waals surface area contributed by atoms with Gasteiger partial charge in [0.05, 0.1) is 17.8 Å². The van der Waals surface area contributed by atoms with Crippen LogP contribution in [0, 0.1) is 0 Å². The number of nitrogens with one attached hydrogen (secondary N) is 1. The van der Waals surface area contributed by atoms with Crippen LogP contribution in [0.25, 0.3) is 10.9 Å². The number of nitrogens with zero attached hydrogens (tertiary/aromatic N) is 3. The molecule has 1 aromatic heterocycles. The van der Waals surface area contributed by atoms with E-state index in [1.165, 1.54) is 11.1 Å². The molecule has 0 saturated carbocycles. The topological polar surface area (TPSA) is 33.1 Å². The SMILES string of the molecule is CN(C)c1cccc(NCc2nn(C)c3ccccc23)c1. The maximum Gasteiger partial charge on any atom is 0.0894 e. The summed E-state index contributed by atoms with van der Waals surface area (Å²) in [5.41, 5.74) is 4.53. The highest BCUT2D eigenvalue weighted by atomic mass is 15.3. The van der Waals surface area contributed by atoms with Gasteiger partial charge in [0.15, 0.2) is 0 Å². The van der Waals surface area contributed by atoms with Crippen molar-refractivity contribution in [2.75, 3.05) is 24.3 Å². The summed E-state index contributed by atoms with van der Waals surface area (Å²) in [7, 11) is 6.08. The Balaban J connectivity index is 1.82. The van der Waals surface area contributed by atoms with Crippen LogP contribution in [0.3, 0.4) is 0 Å². The van der Waals surface area contributed by atoms with Crippen LogP contribution in [0.15, 0.2) is 48.5 Å². The van der Waals surface area contributed by atoms with E-state index in [0.717, 1.165) is 23.4 Å². The predicted molar refractivity (Wildman–Crippen MR) is 88.8 cm³/mol. The van der Waals surface area contributed by atoms with Crippen LogP contribution in [0.1, 0.15) is 5.69 Å². The maximum absolute atomic E-state index is 4.61. The number of rotatable bonds is 4. The molecule has 0 radical (unpaired) electrons. The summed E-state index contributed by atoms with van der Waals surface area (Å²) in [6.07, 6.45) is 0. The molecule has 21 heavy (non-hydrogen) atoms. The van der Waals surface area contributed by atoms with Gasteiger partial charge in [-0.2, -0.15) is 5.10 Å². The van der Waals surface area contributed by atoms with Crippen molar-refractivity contribution in [3.63, 3.8) is 0 Å². The molecule has 0 amide bonds. The van der Waals surface area contributed by atoms with Crippen LogP contribution in [0.2, 0.25) is 0 Å². The van der Waals surface area contributed by atoms with Gasteiger partial charge in [-0.05, 0) is 24.3 Å². The highest BCUT2D eigenvalue weighted by Gasteiger charge is 2.07. The molecule has 108 valence electrons. The van der Waals surface area contributed by atoms with E-state index < -0.39 is 0 Å². The van der Waals surface area contributed by atoms with Gasteiger partial charge in [0.1, 0.15) is 0 Å². The van der Waals surface area contributed by atoms with Gasteiger partial charge in [-0.15, -0.1) is 0 Å². The highest BCUT2D eigenvalue weighted by molar-refractivity contribution is 5.82. The lowest BCUT2D eigenvalue weighted by Gasteiger charge is -2.14. The first-order valence-corrected chi connectivity index (χ1v) is 7.07. The average molecular weight is 280 g/mol. The Bertz CT molecular complexity index is 758. The molecule has 0 bridgehead atoms. The molecule has 4 nitrogen and oxygen atoms in total. The van der Waals surface area contributed by atoms with E-state index in [1.54, 1.807) is 0 Å². The van der Waals surface area contributed by atoms with Crippen LogP contribution in [-0.2, 0) is 13.6 Å². The van der Waals surface area contributed by atoms with Crippen molar-refractivity contribution >= 4 is 22.3 Å². The number of para-hydroxylation sites is 1. The summed E-state index contributed by atoms with van der Waals surface area (Å²) >= 11 is 0. The van der Waals surface area contributed by atoms with Crippen molar-refractivity contribution in [3.8, 4) is 0 Å². The number of hydrogen-bond donors (Lipinski definition) is 1. The second kappa shape index (κ2) is 5.48. The molecule has 0 aliphatic heterocycles. The Morgan fingerprint density at radius 2 is 1.90 bits per heavy atom. The van der Waals surface area contributed by atoms with Crippen molar-refractivity contribution in [1.29, 1.82) is 0 Å². The van der Waals surface area contributed by atoms with Gasteiger partial charge in [0.25, 0.3) is 0 Å². The molecular weight excluding hydrogens is 260 g/mol. The van der Waals surface area contributed by atoms with Gasteiger partial charge in [-0.3, -0.25) is 4.68 Å². The van der Waals surface area contributed by atoms with Gasteiger partial charge in [0.2, 0.25) is 0 Å². The zero-order valence-electron chi connectivity index (χ0n) is 12.7. The molecule has 0 atom stereocenters. The number of fused-ring (bicyclic) bond motifs is 1. The summed E-state index contributed by atoms with van der Waals surface area (Å²) < 4.78 is 1.93. The van der Waals surface area contributed by atoms with Gasteiger partial charge in [-0.1, -0.05) is 24.3 Å². The molecule has 2 aromatic carbocycles. The molecule has 1 heterocycles. The van der Waals surface area contributed by atoms with E-state index >= 15 is 0 Å². The first kappa shape index (κ1) is 13.5. The fraction of sp³-hybridized carbons (Fsp3) is 0.235. The van der Waals surface area contributed by atoms with E-state index in [1.807, 2.05) is 31.9 Å². The molecule has 0 unspecified atom stereocenters. The molecule has 3 aromatic rings. The van der Waals surface area contributed by atoms with Gasteiger partial charge in [-0.25, -0.2) is 0 Å². The van der Waals surface area contributed by atoms with E-state index in [0.29, 0.717) is 0 Å². The molecule has 0 fully saturated rings. The molecule has 3 rings (SSSR count). The summed E-state index contributed by atoms with van der Waals surface area (Å²) in [6.45, 7) is 0.720. The third kappa shape index (κ3) is 2.70. The number of anilines is 2. The van der Waals surface area contributed by atoms with E-state index in [-0.39, 0.29) is 0 Å². The minimum atomic E-state index is 0.720. The van der Waals surface area contributed by atoms with Crippen molar-refractivity contribution in [1.82, 2.24) is 9.78 Å². The number of benzene rings is 2.